The third-order valence-corrected chi connectivity index (χ3v) is 11.9. The summed E-state index contributed by atoms with van der Waals surface area (Å²) in [4.78, 5) is 38.4. The number of carbonyl (C=O) groups is 3. The molecular formula is C30H44O5. The second kappa shape index (κ2) is 8.00. The number of ketones is 2. The summed E-state index contributed by atoms with van der Waals surface area (Å²) >= 11 is 0. The van der Waals surface area contributed by atoms with Gasteiger partial charge in [0.1, 0.15) is 6.10 Å². The van der Waals surface area contributed by atoms with E-state index >= 15 is 0 Å². The van der Waals surface area contributed by atoms with Gasteiger partial charge in [-0.15, -0.1) is 0 Å². The van der Waals surface area contributed by atoms with E-state index in [9.17, 15) is 19.5 Å². The topological polar surface area (TPSA) is 80.7 Å². The van der Waals surface area contributed by atoms with Crippen LogP contribution in [0.15, 0.2) is 11.6 Å². The lowest BCUT2D eigenvalue weighted by Crippen LogP contribution is -2.65. The van der Waals surface area contributed by atoms with Crippen LogP contribution in [0.5, 0.6) is 0 Å². The van der Waals surface area contributed by atoms with Crippen LogP contribution < -0.4 is 0 Å². The van der Waals surface area contributed by atoms with E-state index in [0.29, 0.717) is 23.7 Å². The van der Waals surface area contributed by atoms with Crippen molar-refractivity contribution in [3.05, 3.63) is 11.6 Å². The number of carbonyl (C=O) groups excluding carboxylic acids is 3. The number of fused-ring (bicyclic) bond motifs is 6. The fourth-order valence-electron chi connectivity index (χ4n) is 10.2. The number of ether oxygens (including phenoxy) is 1. The van der Waals surface area contributed by atoms with E-state index in [1.54, 1.807) is 6.92 Å². The Morgan fingerprint density at radius 1 is 1.11 bits per heavy atom. The van der Waals surface area contributed by atoms with Gasteiger partial charge in [-0.2, -0.15) is 0 Å². The van der Waals surface area contributed by atoms with Gasteiger partial charge in [-0.1, -0.05) is 40.2 Å². The molecule has 10 atom stereocenters. The molecule has 5 aliphatic carbocycles. The molecule has 0 amide bonds. The third kappa shape index (κ3) is 3.54. The highest BCUT2D eigenvalue weighted by atomic mass is 16.5. The van der Waals surface area contributed by atoms with Crippen molar-refractivity contribution >= 4 is 17.5 Å². The zero-order valence-electron chi connectivity index (χ0n) is 22.5. The highest BCUT2D eigenvalue weighted by Gasteiger charge is 2.71. The van der Waals surface area contributed by atoms with Crippen molar-refractivity contribution in [2.24, 2.45) is 45.3 Å². The van der Waals surface area contributed by atoms with Gasteiger partial charge < -0.3 is 9.84 Å². The van der Waals surface area contributed by atoms with Gasteiger partial charge in [0.05, 0.1) is 18.1 Å². The molecule has 0 saturated heterocycles. The molecule has 5 rings (SSSR count). The van der Waals surface area contributed by atoms with E-state index in [1.807, 2.05) is 6.08 Å². The molecule has 194 valence electrons. The summed E-state index contributed by atoms with van der Waals surface area (Å²) in [5, 5.41) is 9.81. The number of aliphatic hydroxyl groups is 1. The Balaban J connectivity index is 1.58. The van der Waals surface area contributed by atoms with Gasteiger partial charge in [-0.25, -0.2) is 0 Å². The van der Waals surface area contributed by atoms with Crippen LogP contribution in [-0.4, -0.2) is 34.9 Å². The van der Waals surface area contributed by atoms with Crippen molar-refractivity contribution in [3.8, 4) is 0 Å². The van der Waals surface area contributed by atoms with Crippen molar-refractivity contribution in [1.29, 1.82) is 0 Å². The molecule has 5 aliphatic rings. The summed E-state index contributed by atoms with van der Waals surface area (Å²) in [6.45, 7) is 12.5. The SMILES string of the molecule is CC(=O)C1=C[C@@]2(C)[C@@H](OC(=O)C[C@H](C)O)C[C@H]3[C@@](C)(CC[C@@H]4[C@]3(C)CCC[C@@]43C[C@@H]3C)[C@@H]2CC1=O. The normalized spacial score (nSPS) is 49.3. The molecule has 0 aromatic heterocycles. The molecule has 0 unspecified atom stereocenters. The van der Waals surface area contributed by atoms with Gasteiger partial charge in [0.15, 0.2) is 11.6 Å². The first-order valence-electron chi connectivity index (χ1n) is 13.9. The Labute approximate surface area is 210 Å². The van der Waals surface area contributed by atoms with Crippen molar-refractivity contribution < 1.29 is 24.2 Å². The predicted molar refractivity (Wildman–Crippen MR) is 133 cm³/mol. The van der Waals surface area contributed by atoms with Crippen LogP contribution in [-0.2, 0) is 19.1 Å². The predicted octanol–water partition coefficient (Wildman–Crippen LogP) is 5.43. The van der Waals surface area contributed by atoms with Gasteiger partial charge in [0.2, 0.25) is 0 Å². The lowest BCUT2D eigenvalue weighted by atomic mass is 9.36. The monoisotopic (exact) mass is 484 g/mol. The molecule has 4 fully saturated rings. The van der Waals surface area contributed by atoms with E-state index in [0.717, 1.165) is 18.8 Å². The number of hydrogen-bond acceptors (Lipinski definition) is 5. The summed E-state index contributed by atoms with van der Waals surface area (Å²) in [6.07, 6.45) is 9.23. The Morgan fingerprint density at radius 2 is 1.77 bits per heavy atom. The number of Topliss-reactive ketones (excluding diaryl/α,β-unsaturated/α-hetero) is 2. The van der Waals surface area contributed by atoms with E-state index < -0.39 is 23.6 Å². The molecule has 0 heterocycles. The van der Waals surface area contributed by atoms with Crippen molar-refractivity contribution in [1.82, 2.24) is 0 Å². The van der Waals surface area contributed by atoms with Crippen LogP contribution in [0, 0.1) is 45.3 Å². The second-order valence-electron chi connectivity index (χ2n) is 13.8. The zero-order valence-corrected chi connectivity index (χ0v) is 22.5. The molecule has 0 bridgehead atoms. The summed E-state index contributed by atoms with van der Waals surface area (Å²) < 4.78 is 6.18. The first-order valence-corrected chi connectivity index (χ1v) is 13.9. The molecule has 4 saturated carbocycles. The van der Waals surface area contributed by atoms with Crippen LogP contribution in [0.25, 0.3) is 0 Å². The largest absolute Gasteiger partial charge is 0.461 e. The lowest BCUT2D eigenvalue weighted by molar-refractivity contribution is -0.219. The molecule has 5 heteroatoms. The maximum absolute atomic E-state index is 13.2. The van der Waals surface area contributed by atoms with Gasteiger partial charge in [0.25, 0.3) is 0 Å². The summed E-state index contributed by atoms with van der Waals surface area (Å²) in [6, 6.07) is 0. The Bertz CT molecular complexity index is 981. The highest BCUT2D eigenvalue weighted by molar-refractivity contribution is 6.20. The van der Waals surface area contributed by atoms with Gasteiger partial charge in [-0.05, 0) is 92.3 Å². The van der Waals surface area contributed by atoms with Crippen LogP contribution in [0.2, 0.25) is 0 Å². The van der Waals surface area contributed by atoms with Crippen molar-refractivity contribution in [2.45, 2.75) is 112 Å². The molecule has 1 spiro atoms. The van der Waals surface area contributed by atoms with Crippen LogP contribution in [0.1, 0.15) is 99.3 Å². The molecule has 1 N–H and O–H groups in total. The van der Waals surface area contributed by atoms with Crippen LogP contribution in [0.3, 0.4) is 0 Å². The quantitative estimate of drug-likeness (QED) is 0.425. The first-order chi connectivity index (χ1) is 16.3. The average molecular weight is 485 g/mol. The summed E-state index contributed by atoms with van der Waals surface area (Å²) in [5.41, 5.74) is 0.304. The standard InChI is InChI=1S/C30H44O5/c1-17-15-30(17)10-7-9-27(4)22(30)8-11-28(5)23-13-21(33)20(19(3)32)16-29(23,6)25(14-24(27)28)35-26(34)12-18(2)31/h16-18,22-25,31H,7-15H2,1-6H3/t17-,18-,22+,23-,24+,25-,27-,28-,29+,30-/m0/s1. The van der Waals surface area contributed by atoms with Gasteiger partial charge >= 0.3 is 5.97 Å². The number of hydrogen-bond donors (Lipinski definition) is 1. The maximum Gasteiger partial charge on any atom is 0.308 e. The highest BCUT2D eigenvalue weighted by Crippen LogP contribution is 2.77. The average Bonchev–Trinajstić information content (AvgIpc) is 3.38. The van der Waals surface area contributed by atoms with Crippen LogP contribution >= 0.6 is 0 Å². The number of rotatable bonds is 4. The number of aliphatic hydroxyl groups excluding tert-OH is 1. The molecule has 0 aromatic carbocycles. The smallest absolute Gasteiger partial charge is 0.308 e. The van der Waals surface area contributed by atoms with Gasteiger partial charge in [0, 0.05) is 11.8 Å². The van der Waals surface area contributed by atoms with Gasteiger partial charge in [-0.3, -0.25) is 14.4 Å². The van der Waals surface area contributed by atoms with E-state index in [1.165, 1.54) is 39.0 Å². The van der Waals surface area contributed by atoms with Crippen LogP contribution in [0.4, 0.5) is 0 Å². The lowest BCUT2D eigenvalue weighted by Gasteiger charge is -2.68. The third-order valence-electron chi connectivity index (χ3n) is 11.9. The molecule has 35 heavy (non-hydrogen) atoms. The number of allylic oxidation sites excluding steroid dienone is 1. The molecule has 5 nitrogen and oxygen atoms in total. The minimum absolute atomic E-state index is 0.0287. The Morgan fingerprint density at radius 3 is 2.37 bits per heavy atom. The van der Waals surface area contributed by atoms with E-state index in [2.05, 4.69) is 27.7 Å². The first kappa shape index (κ1) is 25.2. The minimum atomic E-state index is -0.762. The summed E-state index contributed by atoms with van der Waals surface area (Å²) in [5.74, 6) is 1.22. The fourth-order valence-corrected chi connectivity index (χ4v) is 10.2. The summed E-state index contributed by atoms with van der Waals surface area (Å²) in [7, 11) is 0. The second-order valence-corrected chi connectivity index (χ2v) is 13.8. The fraction of sp³-hybridized carbons (Fsp3) is 0.833. The van der Waals surface area contributed by atoms with E-state index in [-0.39, 0.29) is 40.3 Å². The Hall–Kier alpha value is -1.49. The van der Waals surface area contributed by atoms with Crippen molar-refractivity contribution in [2.75, 3.05) is 0 Å². The van der Waals surface area contributed by atoms with Crippen molar-refractivity contribution in [3.63, 3.8) is 0 Å². The molecule has 0 aromatic rings. The molecular weight excluding hydrogens is 440 g/mol. The molecule has 0 aliphatic heterocycles. The Kier molecular flexibility index (Phi) is 5.76. The van der Waals surface area contributed by atoms with E-state index in [4.69, 9.17) is 4.74 Å². The molecule has 0 radical (unpaired) electrons. The number of esters is 1. The zero-order chi connectivity index (χ0) is 25.6. The maximum atomic E-state index is 13.2. The minimum Gasteiger partial charge on any atom is -0.461 e.